The fourth-order valence-corrected chi connectivity index (χ4v) is 3.52. The number of hydrogen-bond acceptors (Lipinski definition) is 3. The SMILES string of the molecule is CNC(CSc1ccccc1)c1csc(C)c1. The molecule has 1 atom stereocenters. The van der Waals surface area contributed by atoms with Gasteiger partial charge in [0.05, 0.1) is 0 Å². The van der Waals surface area contributed by atoms with E-state index in [9.17, 15) is 0 Å². The molecule has 0 spiro atoms. The Morgan fingerprint density at radius 3 is 2.65 bits per heavy atom. The van der Waals surface area contributed by atoms with Crippen molar-refractivity contribution < 1.29 is 0 Å². The molecule has 1 aromatic carbocycles. The van der Waals surface area contributed by atoms with Gasteiger partial charge in [-0.2, -0.15) is 0 Å². The van der Waals surface area contributed by atoms with Gasteiger partial charge >= 0.3 is 0 Å². The van der Waals surface area contributed by atoms with Crippen molar-refractivity contribution in [2.45, 2.75) is 17.9 Å². The number of benzene rings is 1. The fourth-order valence-electron chi connectivity index (χ4n) is 1.69. The lowest BCUT2D eigenvalue weighted by molar-refractivity contribution is 0.664. The van der Waals surface area contributed by atoms with Gasteiger partial charge in [-0.05, 0) is 43.1 Å². The van der Waals surface area contributed by atoms with Crippen LogP contribution in [0.3, 0.4) is 0 Å². The lowest BCUT2D eigenvalue weighted by Gasteiger charge is -2.14. The maximum Gasteiger partial charge on any atom is 0.0421 e. The summed E-state index contributed by atoms with van der Waals surface area (Å²) >= 11 is 3.72. The van der Waals surface area contributed by atoms with Gasteiger partial charge < -0.3 is 5.32 Å². The molecule has 1 nitrogen and oxygen atoms in total. The monoisotopic (exact) mass is 263 g/mol. The van der Waals surface area contributed by atoms with Crippen molar-refractivity contribution in [1.29, 1.82) is 0 Å². The summed E-state index contributed by atoms with van der Waals surface area (Å²) in [5.41, 5.74) is 1.40. The molecular weight excluding hydrogens is 246 g/mol. The van der Waals surface area contributed by atoms with Gasteiger partial charge in [0, 0.05) is 21.6 Å². The summed E-state index contributed by atoms with van der Waals surface area (Å²) in [5.74, 6) is 1.07. The first-order valence-electron chi connectivity index (χ1n) is 5.69. The lowest BCUT2D eigenvalue weighted by atomic mass is 10.2. The van der Waals surface area contributed by atoms with Crippen molar-refractivity contribution in [3.8, 4) is 0 Å². The van der Waals surface area contributed by atoms with E-state index in [1.807, 2.05) is 30.1 Å². The van der Waals surface area contributed by atoms with Gasteiger partial charge in [-0.3, -0.25) is 0 Å². The second-order valence-corrected chi connectivity index (χ2v) is 6.16. The number of hydrogen-bond donors (Lipinski definition) is 1. The van der Waals surface area contributed by atoms with Crippen LogP contribution in [0.1, 0.15) is 16.5 Å². The predicted molar refractivity (Wildman–Crippen MR) is 78.0 cm³/mol. The number of nitrogens with one attached hydrogen (secondary N) is 1. The Morgan fingerprint density at radius 2 is 2.06 bits per heavy atom. The molecule has 1 heterocycles. The third kappa shape index (κ3) is 3.60. The standard InChI is InChI=1S/C14H17NS2/c1-11-8-12(9-16-11)14(15-2)10-17-13-6-4-3-5-7-13/h3-9,14-15H,10H2,1-2H3. The molecule has 90 valence electrons. The van der Waals surface area contributed by atoms with Crippen molar-refractivity contribution in [1.82, 2.24) is 5.32 Å². The van der Waals surface area contributed by atoms with E-state index < -0.39 is 0 Å². The average Bonchev–Trinajstić information content (AvgIpc) is 2.78. The van der Waals surface area contributed by atoms with Gasteiger partial charge in [-0.1, -0.05) is 18.2 Å². The highest BCUT2D eigenvalue weighted by Crippen LogP contribution is 2.26. The van der Waals surface area contributed by atoms with Crippen LogP contribution in [0.25, 0.3) is 0 Å². The van der Waals surface area contributed by atoms with E-state index in [2.05, 4.69) is 54.0 Å². The van der Waals surface area contributed by atoms with E-state index in [-0.39, 0.29) is 0 Å². The lowest BCUT2D eigenvalue weighted by Crippen LogP contribution is -2.17. The van der Waals surface area contributed by atoms with Crippen molar-refractivity contribution >= 4 is 23.1 Å². The van der Waals surface area contributed by atoms with Crippen LogP contribution in [0.2, 0.25) is 0 Å². The molecule has 0 bridgehead atoms. The molecule has 3 heteroatoms. The molecule has 1 N–H and O–H groups in total. The van der Waals surface area contributed by atoms with Gasteiger partial charge in [0.2, 0.25) is 0 Å². The highest BCUT2D eigenvalue weighted by Gasteiger charge is 2.10. The van der Waals surface area contributed by atoms with Crippen LogP contribution in [-0.2, 0) is 0 Å². The zero-order valence-corrected chi connectivity index (χ0v) is 11.8. The summed E-state index contributed by atoms with van der Waals surface area (Å²) in [6.07, 6.45) is 0. The summed E-state index contributed by atoms with van der Waals surface area (Å²) in [4.78, 5) is 2.71. The van der Waals surface area contributed by atoms with Gasteiger partial charge in [-0.15, -0.1) is 23.1 Å². The first kappa shape index (κ1) is 12.7. The molecule has 1 aromatic heterocycles. The fraction of sp³-hybridized carbons (Fsp3) is 0.286. The summed E-state index contributed by atoms with van der Waals surface area (Å²) in [6, 6.07) is 13.3. The maximum absolute atomic E-state index is 3.39. The molecule has 0 radical (unpaired) electrons. The Kier molecular flexibility index (Phi) is 4.66. The quantitative estimate of drug-likeness (QED) is 0.815. The van der Waals surface area contributed by atoms with E-state index >= 15 is 0 Å². The van der Waals surface area contributed by atoms with E-state index in [4.69, 9.17) is 0 Å². The maximum atomic E-state index is 3.39. The predicted octanol–water partition coefficient (Wildman–Crippen LogP) is 4.11. The zero-order chi connectivity index (χ0) is 12.1. The van der Waals surface area contributed by atoms with Crippen LogP contribution in [0.5, 0.6) is 0 Å². The van der Waals surface area contributed by atoms with Gasteiger partial charge in [0.25, 0.3) is 0 Å². The second kappa shape index (κ2) is 6.24. The molecule has 0 aliphatic carbocycles. The Hall–Kier alpha value is -0.770. The van der Waals surface area contributed by atoms with Crippen LogP contribution in [0.4, 0.5) is 0 Å². The molecule has 2 aromatic rings. The Labute approximate surface area is 111 Å². The van der Waals surface area contributed by atoms with Crippen LogP contribution < -0.4 is 5.32 Å². The molecule has 0 aliphatic heterocycles. The zero-order valence-electron chi connectivity index (χ0n) is 10.1. The largest absolute Gasteiger partial charge is 0.312 e. The Morgan fingerprint density at radius 1 is 1.29 bits per heavy atom. The first-order valence-corrected chi connectivity index (χ1v) is 7.56. The van der Waals surface area contributed by atoms with Crippen LogP contribution >= 0.6 is 23.1 Å². The van der Waals surface area contributed by atoms with E-state index in [1.54, 1.807) is 0 Å². The summed E-state index contributed by atoms with van der Waals surface area (Å²) in [7, 11) is 2.03. The minimum atomic E-state index is 0.435. The number of thioether (sulfide) groups is 1. The summed E-state index contributed by atoms with van der Waals surface area (Å²) in [6.45, 7) is 2.16. The number of aryl methyl sites for hydroxylation is 1. The minimum Gasteiger partial charge on any atom is -0.312 e. The normalized spacial score (nSPS) is 12.6. The van der Waals surface area contributed by atoms with Gasteiger partial charge in [0.1, 0.15) is 0 Å². The molecule has 0 aliphatic rings. The first-order chi connectivity index (χ1) is 8.29. The molecule has 2 rings (SSSR count). The summed E-state index contributed by atoms with van der Waals surface area (Å²) in [5, 5.41) is 5.64. The highest BCUT2D eigenvalue weighted by atomic mass is 32.2. The molecule has 17 heavy (non-hydrogen) atoms. The minimum absolute atomic E-state index is 0.435. The van der Waals surface area contributed by atoms with E-state index in [0.29, 0.717) is 6.04 Å². The average molecular weight is 263 g/mol. The van der Waals surface area contributed by atoms with Crippen molar-refractivity contribution in [2.24, 2.45) is 0 Å². The van der Waals surface area contributed by atoms with Crippen molar-refractivity contribution in [3.63, 3.8) is 0 Å². The number of thiophene rings is 1. The van der Waals surface area contributed by atoms with Crippen LogP contribution in [-0.4, -0.2) is 12.8 Å². The van der Waals surface area contributed by atoms with E-state index in [0.717, 1.165) is 5.75 Å². The van der Waals surface area contributed by atoms with Crippen molar-refractivity contribution in [2.75, 3.05) is 12.8 Å². The smallest absolute Gasteiger partial charge is 0.0421 e. The van der Waals surface area contributed by atoms with Gasteiger partial charge in [-0.25, -0.2) is 0 Å². The Balaban J connectivity index is 1.97. The third-order valence-corrected chi connectivity index (χ3v) is 4.65. The number of rotatable bonds is 5. The molecule has 0 saturated heterocycles. The second-order valence-electron chi connectivity index (χ2n) is 3.96. The van der Waals surface area contributed by atoms with Crippen molar-refractivity contribution in [3.05, 3.63) is 52.2 Å². The van der Waals surface area contributed by atoms with Crippen LogP contribution in [0.15, 0.2) is 46.7 Å². The Bertz CT molecular complexity index is 450. The van der Waals surface area contributed by atoms with E-state index in [1.165, 1.54) is 15.3 Å². The molecule has 0 amide bonds. The molecule has 1 unspecified atom stereocenters. The molecular formula is C14H17NS2. The molecule has 0 fully saturated rings. The third-order valence-electron chi connectivity index (χ3n) is 2.66. The highest BCUT2D eigenvalue weighted by molar-refractivity contribution is 7.99. The molecule has 0 saturated carbocycles. The van der Waals surface area contributed by atoms with Gasteiger partial charge in [0.15, 0.2) is 0 Å². The van der Waals surface area contributed by atoms with Crippen LogP contribution in [0, 0.1) is 6.92 Å². The topological polar surface area (TPSA) is 12.0 Å². The summed E-state index contributed by atoms with van der Waals surface area (Å²) < 4.78 is 0.